The minimum absolute atomic E-state index is 0.149. The Labute approximate surface area is 168 Å². The lowest BCUT2D eigenvalue weighted by Gasteiger charge is -2.27. The molecule has 0 bridgehead atoms. The number of rotatable bonds is 5. The highest BCUT2D eigenvalue weighted by molar-refractivity contribution is 5.86. The molecule has 0 spiro atoms. The fourth-order valence-corrected chi connectivity index (χ4v) is 4.19. The molecule has 2 heterocycles. The Balaban J connectivity index is 1.90. The number of nitrogens with two attached hydrogens (primary N) is 1. The first-order valence-electron chi connectivity index (χ1n) is 9.43. The van der Waals surface area contributed by atoms with Crippen LogP contribution in [0.3, 0.4) is 0 Å². The summed E-state index contributed by atoms with van der Waals surface area (Å²) in [5.74, 6) is 1.45. The van der Waals surface area contributed by atoms with Crippen molar-refractivity contribution in [3.63, 3.8) is 0 Å². The maximum absolute atomic E-state index is 12.4. The van der Waals surface area contributed by atoms with Crippen molar-refractivity contribution in [2.24, 2.45) is 0 Å². The number of fused-ring (bicyclic) bond motifs is 3. The summed E-state index contributed by atoms with van der Waals surface area (Å²) in [6, 6.07) is 11.5. The number of hydrogen-bond donors (Lipinski definition) is 2. The van der Waals surface area contributed by atoms with E-state index in [0.717, 1.165) is 27.7 Å². The first-order chi connectivity index (χ1) is 14.1. The van der Waals surface area contributed by atoms with Crippen LogP contribution in [0.2, 0.25) is 0 Å². The van der Waals surface area contributed by atoms with E-state index in [1.165, 1.54) is 7.11 Å². The highest BCUT2D eigenvalue weighted by Crippen LogP contribution is 2.41. The molecule has 0 saturated carbocycles. The van der Waals surface area contributed by atoms with Gasteiger partial charge in [0.15, 0.2) is 23.6 Å². The van der Waals surface area contributed by atoms with Crippen molar-refractivity contribution in [2.75, 3.05) is 28.4 Å². The Morgan fingerprint density at radius 2 is 1.72 bits per heavy atom. The van der Waals surface area contributed by atoms with Crippen LogP contribution in [-0.4, -0.2) is 45.4 Å². The van der Waals surface area contributed by atoms with Crippen LogP contribution in [0.4, 0.5) is 0 Å². The number of quaternary nitrogens is 1. The largest absolute Gasteiger partial charge is 0.493 e. The Morgan fingerprint density at radius 3 is 2.34 bits per heavy atom. The van der Waals surface area contributed by atoms with Gasteiger partial charge in [0.1, 0.15) is 0 Å². The van der Waals surface area contributed by atoms with Crippen LogP contribution in [-0.2, 0) is 16.0 Å². The molecule has 3 aromatic rings. The second-order valence-corrected chi connectivity index (χ2v) is 7.03. The van der Waals surface area contributed by atoms with Gasteiger partial charge in [0.05, 0.1) is 34.1 Å². The second kappa shape index (κ2) is 7.67. The molecule has 7 nitrogen and oxygen atoms in total. The summed E-state index contributed by atoms with van der Waals surface area (Å²) < 4.78 is 21.6. The van der Waals surface area contributed by atoms with E-state index in [1.54, 1.807) is 21.3 Å². The monoisotopic (exact) mass is 397 g/mol. The van der Waals surface area contributed by atoms with Crippen LogP contribution in [0.1, 0.15) is 22.9 Å². The van der Waals surface area contributed by atoms with Gasteiger partial charge in [-0.05, 0) is 23.8 Å². The third-order valence-electron chi connectivity index (χ3n) is 5.56. The molecule has 1 aromatic heterocycles. The van der Waals surface area contributed by atoms with E-state index in [4.69, 9.17) is 18.9 Å². The Hall–Kier alpha value is -3.19. The number of esters is 1. The quantitative estimate of drug-likeness (QED) is 0.643. The maximum Gasteiger partial charge on any atom is 0.364 e. The molecule has 29 heavy (non-hydrogen) atoms. The maximum atomic E-state index is 12.4. The third kappa shape index (κ3) is 3.17. The van der Waals surface area contributed by atoms with Crippen LogP contribution in [0.25, 0.3) is 10.9 Å². The van der Waals surface area contributed by atoms with Gasteiger partial charge in [0, 0.05) is 22.9 Å². The molecule has 1 aliphatic heterocycles. The molecule has 0 amide bonds. The highest BCUT2D eigenvalue weighted by Gasteiger charge is 2.39. The van der Waals surface area contributed by atoms with Gasteiger partial charge < -0.3 is 29.2 Å². The molecule has 7 heteroatoms. The molecule has 0 saturated heterocycles. The van der Waals surface area contributed by atoms with Crippen molar-refractivity contribution in [2.45, 2.75) is 18.5 Å². The summed E-state index contributed by atoms with van der Waals surface area (Å²) >= 11 is 0. The zero-order valence-corrected chi connectivity index (χ0v) is 16.9. The first kappa shape index (κ1) is 19.1. The topological polar surface area (TPSA) is 86.4 Å². The van der Waals surface area contributed by atoms with Gasteiger partial charge in [-0.3, -0.25) is 0 Å². The van der Waals surface area contributed by atoms with Crippen LogP contribution in [0, 0.1) is 0 Å². The zero-order valence-electron chi connectivity index (χ0n) is 16.9. The van der Waals surface area contributed by atoms with Crippen molar-refractivity contribution in [1.82, 2.24) is 4.98 Å². The van der Waals surface area contributed by atoms with Gasteiger partial charge in [-0.15, -0.1) is 0 Å². The van der Waals surface area contributed by atoms with Crippen molar-refractivity contribution in [3.8, 4) is 17.2 Å². The Kier molecular flexibility index (Phi) is 5.07. The average Bonchev–Trinajstić information content (AvgIpc) is 3.15. The van der Waals surface area contributed by atoms with E-state index in [1.807, 2.05) is 35.6 Å². The number of H-pyrrole nitrogens is 1. The van der Waals surface area contributed by atoms with Crippen LogP contribution in [0.5, 0.6) is 17.2 Å². The molecule has 3 N–H and O–H groups in total. The lowest BCUT2D eigenvalue weighted by atomic mass is 9.90. The number of nitrogens with one attached hydrogen (secondary N) is 1. The number of carbonyl (C=O) groups excluding carboxylic acids is 1. The SMILES string of the molecule is COC(=O)[C@H]1Cc2c([nH]c3ccccc23)[C@@H](c2cc(OC)c(OC)c(OC)c2)[NH2+]1. The molecule has 1 aliphatic rings. The molecule has 2 atom stereocenters. The summed E-state index contributed by atoms with van der Waals surface area (Å²) in [4.78, 5) is 16.0. The average molecular weight is 397 g/mol. The van der Waals surface area contributed by atoms with Crippen molar-refractivity contribution < 1.29 is 29.1 Å². The molecule has 0 fully saturated rings. The summed E-state index contributed by atoms with van der Waals surface area (Å²) in [6.45, 7) is 0. The zero-order chi connectivity index (χ0) is 20.5. The molecule has 0 aliphatic carbocycles. The Bertz CT molecular complexity index is 1030. The fourth-order valence-electron chi connectivity index (χ4n) is 4.19. The number of carbonyl (C=O) groups is 1. The van der Waals surface area contributed by atoms with E-state index in [-0.39, 0.29) is 18.1 Å². The van der Waals surface area contributed by atoms with Gasteiger partial charge in [-0.1, -0.05) is 18.2 Å². The minimum atomic E-state index is -0.337. The van der Waals surface area contributed by atoms with E-state index < -0.39 is 0 Å². The first-order valence-corrected chi connectivity index (χ1v) is 9.43. The molecule has 152 valence electrons. The lowest BCUT2D eigenvalue weighted by Crippen LogP contribution is -2.94. The number of benzene rings is 2. The summed E-state index contributed by atoms with van der Waals surface area (Å²) in [6.07, 6.45) is 0.604. The molecule has 4 rings (SSSR count). The predicted molar refractivity (Wildman–Crippen MR) is 108 cm³/mol. The third-order valence-corrected chi connectivity index (χ3v) is 5.56. The van der Waals surface area contributed by atoms with Gasteiger partial charge >= 0.3 is 5.97 Å². The summed E-state index contributed by atoms with van der Waals surface area (Å²) in [7, 11) is 6.19. The lowest BCUT2D eigenvalue weighted by molar-refractivity contribution is -0.712. The number of ether oxygens (including phenoxy) is 4. The molecule has 0 radical (unpaired) electrons. The fraction of sp³-hybridized carbons (Fsp3) is 0.318. The molecule has 2 aromatic carbocycles. The number of aromatic amines is 1. The van der Waals surface area contributed by atoms with Crippen molar-refractivity contribution in [3.05, 3.63) is 53.2 Å². The number of hydrogen-bond acceptors (Lipinski definition) is 5. The van der Waals surface area contributed by atoms with Gasteiger partial charge in [0.25, 0.3) is 0 Å². The van der Waals surface area contributed by atoms with Gasteiger partial charge in [-0.25, -0.2) is 4.79 Å². The van der Waals surface area contributed by atoms with Crippen molar-refractivity contribution >= 4 is 16.9 Å². The molecule has 0 unspecified atom stereocenters. The normalized spacial score (nSPS) is 18.2. The van der Waals surface area contributed by atoms with Crippen LogP contribution < -0.4 is 19.5 Å². The smallest absolute Gasteiger partial charge is 0.364 e. The Morgan fingerprint density at radius 1 is 1.03 bits per heavy atom. The standard InChI is InChI=1S/C22H24N2O5/c1-26-17-9-12(10-18(27-2)21(17)28-3)19-20-14(11-16(24-19)22(25)29-4)13-7-5-6-8-15(13)23-20/h5-10,16,19,23-24H,11H2,1-4H3/p+1/t16-,19-/m1/s1. The minimum Gasteiger partial charge on any atom is -0.493 e. The molecular formula is C22H25N2O5+. The second-order valence-electron chi connectivity index (χ2n) is 7.03. The molecular weight excluding hydrogens is 372 g/mol. The van der Waals surface area contributed by atoms with E-state index in [9.17, 15) is 4.79 Å². The number of para-hydroxylation sites is 1. The van der Waals surface area contributed by atoms with Crippen molar-refractivity contribution in [1.29, 1.82) is 0 Å². The van der Waals surface area contributed by atoms with Crippen LogP contribution >= 0.6 is 0 Å². The van der Waals surface area contributed by atoms with E-state index >= 15 is 0 Å². The summed E-state index contributed by atoms with van der Waals surface area (Å²) in [5.41, 5.74) is 4.20. The van der Waals surface area contributed by atoms with Crippen LogP contribution in [0.15, 0.2) is 36.4 Å². The van der Waals surface area contributed by atoms with Gasteiger partial charge in [0.2, 0.25) is 5.75 Å². The number of methoxy groups -OCH3 is 4. The van der Waals surface area contributed by atoms with E-state index in [0.29, 0.717) is 23.7 Å². The summed E-state index contributed by atoms with van der Waals surface area (Å²) in [5, 5.41) is 3.16. The number of aromatic nitrogens is 1. The highest BCUT2D eigenvalue weighted by atomic mass is 16.5. The van der Waals surface area contributed by atoms with Gasteiger partial charge in [-0.2, -0.15) is 0 Å². The van der Waals surface area contributed by atoms with E-state index in [2.05, 4.69) is 11.1 Å². The predicted octanol–water partition coefficient (Wildman–Crippen LogP) is 1.94.